The molecule has 1 amide bonds. The van der Waals surface area contributed by atoms with Crippen LogP contribution in [0, 0.1) is 0 Å². The second kappa shape index (κ2) is 13.8. The van der Waals surface area contributed by atoms with Crippen molar-refractivity contribution in [2.45, 2.75) is 64.7 Å². The van der Waals surface area contributed by atoms with Crippen molar-refractivity contribution < 1.29 is 18.0 Å². The van der Waals surface area contributed by atoms with Gasteiger partial charge in [0.1, 0.15) is 0 Å². The van der Waals surface area contributed by atoms with E-state index in [1.807, 2.05) is 48.5 Å². The number of halogens is 3. The smallest absolute Gasteiger partial charge is 0.352 e. The fraction of sp³-hybridized carbons (Fsp3) is 0.367. The predicted molar refractivity (Wildman–Crippen MR) is 139 cm³/mol. The Labute approximate surface area is 212 Å². The summed E-state index contributed by atoms with van der Waals surface area (Å²) in [7, 11) is 0. The Morgan fingerprint density at radius 1 is 0.722 bits per heavy atom. The van der Waals surface area contributed by atoms with Gasteiger partial charge in [-0.15, -0.1) is 0 Å². The quantitative estimate of drug-likeness (QED) is 0.242. The number of unbranched alkanes of at least 4 members (excludes halogenated alkanes) is 5. The van der Waals surface area contributed by atoms with Crippen molar-refractivity contribution in [3.63, 3.8) is 0 Å². The summed E-state index contributed by atoms with van der Waals surface area (Å²) in [6.07, 6.45) is 2.85. The lowest BCUT2D eigenvalue weighted by Gasteiger charge is -2.09. The van der Waals surface area contributed by atoms with Crippen molar-refractivity contribution in [1.82, 2.24) is 10.6 Å². The van der Waals surface area contributed by atoms with E-state index in [0.29, 0.717) is 25.2 Å². The normalized spacial score (nSPS) is 11.4. The van der Waals surface area contributed by atoms with Crippen molar-refractivity contribution in [1.29, 1.82) is 0 Å². The van der Waals surface area contributed by atoms with Crippen LogP contribution in [-0.2, 0) is 19.3 Å². The summed E-state index contributed by atoms with van der Waals surface area (Å²) in [5, 5.41) is 7.46. The molecule has 0 heterocycles. The fourth-order valence-corrected chi connectivity index (χ4v) is 3.94. The van der Waals surface area contributed by atoms with Crippen LogP contribution in [0.15, 0.2) is 72.8 Å². The number of amides is 1. The molecule has 0 spiro atoms. The molecule has 0 aromatic heterocycles. The third kappa shape index (κ3) is 8.83. The molecular weight excluding hydrogens is 461 g/mol. The summed E-state index contributed by atoms with van der Waals surface area (Å²) in [5.41, 5.74) is 3.84. The van der Waals surface area contributed by atoms with E-state index in [0.717, 1.165) is 47.2 Å². The predicted octanol–water partition coefficient (Wildman–Crippen LogP) is 7.77. The molecule has 191 valence electrons. The number of nitrogens with one attached hydrogen (secondary N) is 1. The number of hydrogen-bond acceptors (Lipinski definition) is 1. The van der Waals surface area contributed by atoms with Crippen molar-refractivity contribution >= 4 is 5.91 Å². The molecule has 3 rings (SSSR count). The summed E-state index contributed by atoms with van der Waals surface area (Å²) in [4.78, 5) is 12.4. The zero-order valence-corrected chi connectivity index (χ0v) is 20.8. The number of alkyl halides is 3. The van der Waals surface area contributed by atoms with Gasteiger partial charge in [0.05, 0.1) is 5.56 Å². The summed E-state index contributed by atoms with van der Waals surface area (Å²) >= 11 is 0. The molecule has 3 nitrogen and oxygen atoms in total. The molecule has 1 N–H and O–H groups in total. The highest BCUT2D eigenvalue weighted by molar-refractivity contribution is 5.94. The van der Waals surface area contributed by atoms with Crippen molar-refractivity contribution in [2.24, 2.45) is 0 Å². The minimum Gasteiger partial charge on any atom is -0.352 e. The lowest BCUT2D eigenvalue weighted by Crippen LogP contribution is -2.24. The standard InChI is InChI=1S/C30H34F3N2O/c1-2-3-4-5-6-7-20-35-29(36)27-16-14-26(15-17-27)25-12-8-23(9-13-25)21-34-22-24-10-18-28(19-11-24)30(31,32)33/h8-19H,2-7,20-22H2,1H3,(H,35,36). The van der Waals surface area contributed by atoms with Crippen LogP contribution in [0.1, 0.15) is 72.5 Å². The zero-order valence-electron chi connectivity index (χ0n) is 20.8. The molecule has 0 saturated heterocycles. The monoisotopic (exact) mass is 495 g/mol. The summed E-state index contributed by atoms with van der Waals surface area (Å²) < 4.78 is 38.0. The van der Waals surface area contributed by atoms with Gasteiger partial charge in [-0.3, -0.25) is 4.79 Å². The van der Waals surface area contributed by atoms with Crippen LogP contribution in [0.3, 0.4) is 0 Å². The lowest BCUT2D eigenvalue weighted by molar-refractivity contribution is -0.137. The van der Waals surface area contributed by atoms with E-state index in [9.17, 15) is 18.0 Å². The molecule has 0 atom stereocenters. The molecule has 0 aliphatic heterocycles. The molecule has 0 unspecified atom stereocenters. The van der Waals surface area contributed by atoms with Crippen LogP contribution in [-0.4, -0.2) is 12.5 Å². The molecule has 3 aromatic carbocycles. The van der Waals surface area contributed by atoms with Gasteiger partial charge in [-0.1, -0.05) is 87.6 Å². The third-order valence-electron chi connectivity index (χ3n) is 6.12. The van der Waals surface area contributed by atoms with Crippen LogP contribution in [0.4, 0.5) is 13.2 Å². The van der Waals surface area contributed by atoms with Crippen LogP contribution in [0.5, 0.6) is 0 Å². The van der Waals surface area contributed by atoms with E-state index in [2.05, 4.69) is 17.6 Å². The highest BCUT2D eigenvalue weighted by Gasteiger charge is 2.29. The number of hydrogen-bond donors (Lipinski definition) is 1. The molecule has 0 bridgehead atoms. The van der Waals surface area contributed by atoms with Gasteiger partial charge in [0.2, 0.25) is 0 Å². The van der Waals surface area contributed by atoms with Gasteiger partial charge in [-0.05, 0) is 52.9 Å². The van der Waals surface area contributed by atoms with Gasteiger partial charge >= 0.3 is 6.18 Å². The van der Waals surface area contributed by atoms with E-state index in [-0.39, 0.29) is 5.91 Å². The Hall–Kier alpha value is -3.12. The average molecular weight is 496 g/mol. The second-order valence-electron chi connectivity index (χ2n) is 9.03. The molecular formula is C30H34F3N2O. The third-order valence-corrected chi connectivity index (χ3v) is 6.12. The van der Waals surface area contributed by atoms with E-state index in [4.69, 9.17) is 0 Å². The Balaban J connectivity index is 1.42. The van der Waals surface area contributed by atoms with Crippen molar-refractivity contribution in [2.75, 3.05) is 6.54 Å². The van der Waals surface area contributed by atoms with Crippen LogP contribution in [0.2, 0.25) is 0 Å². The maximum atomic E-state index is 12.7. The molecule has 3 aromatic rings. The first kappa shape index (κ1) is 27.5. The highest BCUT2D eigenvalue weighted by atomic mass is 19.4. The molecule has 0 aliphatic rings. The number of carbonyl (C=O) groups is 1. The molecule has 1 radical (unpaired) electrons. The number of nitrogens with zero attached hydrogens (tertiary/aromatic N) is 1. The summed E-state index contributed by atoms with van der Waals surface area (Å²) in [6, 6.07) is 20.7. The summed E-state index contributed by atoms with van der Waals surface area (Å²) in [6.45, 7) is 3.76. The van der Waals surface area contributed by atoms with E-state index in [1.54, 1.807) is 0 Å². The van der Waals surface area contributed by atoms with Gasteiger partial charge < -0.3 is 5.32 Å². The van der Waals surface area contributed by atoms with Gasteiger partial charge in [0.15, 0.2) is 0 Å². The second-order valence-corrected chi connectivity index (χ2v) is 9.03. The highest BCUT2D eigenvalue weighted by Crippen LogP contribution is 2.29. The first-order valence-electron chi connectivity index (χ1n) is 12.6. The lowest BCUT2D eigenvalue weighted by atomic mass is 10.0. The topological polar surface area (TPSA) is 43.2 Å². The van der Waals surface area contributed by atoms with E-state index < -0.39 is 11.7 Å². The van der Waals surface area contributed by atoms with Gasteiger partial charge in [-0.2, -0.15) is 13.2 Å². The largest absolute Gasteiger partial charge is 0.416 e. The van der Waals surface area contributed by atoms with Crippen LogP contribution in [0.25, 0.3) is 11.1 Å². The Kier molecular flexibility index (Phi) is 10.6. The Bertz CT molecular complexity index is 1060. The molecule has 6 heteroatoms. The fourth-order valence-electron chi connectivity index (χ4n) is 3.94. The molecule has 0 saturated carbocycles. The van der Waals surface area contributed by atoms with Gasteiger partial charge in [0.25, 0.3) is 5.91 Å². The van der Waals surface area contributed by atoms with E-state index in [1.165, 1.54) is 37.8 Å². The van der Waals surface area contributed by atoms with Gasteiger partial charge in [-0.25, -0.2) is 5.32 Å². The zero-order chi connectivity index (χ0) is 25.8. The van der Waals surface area contributed by atoms with Crippen LogP contribution < -0.4 is 10.6 Å². The number of carbonyl (C=O) groups excluding carboxylic acids is 1. The minimum atomic E-state index is -4.32. The maximum Gasteiger partial charge on any atom is 0.416 e. The van der Waals surface area contributed by atoms with E-state index >= 15 is 0 Å². The van der Waals surface area contributed by atoms with Crippen molar-refractivity contribution in [3.05, 3.63) is 95.1 Å². The first-order valence-corrected chi connectivity index (χ1v) is 12.6. The first-order chi connectivity index (χ1) is 17.4. The number of rotatable bonds is 13. The van der Waals surface area contributed by atoms with Crippen LogP contribution >= 0.6 is 0 Å². The maximum absolute atomic E-state index is 12.7. The van der Waals surface area contributed by atoms with Gasteiger partial charge in [0, 0.05) is 25.2 Å². The number of benzene rings is 3. The Morgan fingerprint density at radius 2 is 1.22 bits per heavy atom. The molecule has 0 fully saturated rings. The molecule has 0 aliphatic carbocycles. The SMILES string of the molecule is CCCCCCCCNC(=O)c1ccc(-c2ccc(C[N]Cc3ccc(C(F)(F)F)cc3)cc2)cc1. The average Bonchev–Trinajstić information content (AvgIpc) is 2.88. The Morgan fingerprint density at radius 3 is 1.78 bits per heavy atom. The van der Waals surface area contributed by atoms with Crippen molar-refractivity contribution in [3.8, 4) is 11.1 Å². The molecule has 36 heavy (non-hydrogen) atoms. The minimum absolute atomic E-state index is 0.0416. The summed E-state index contributed by atoms with van der Waals surface area (Å²) in [5.74, 6) is -0.0416.